The number of para-hydroxylation sites is 1. The highest BCUT2D eigenvalue weighted by Gasteiger charge is 2.09. The van der Waals surface area contributed by atoms with Gasteiger partial charge in [0.15, 0.2) is 5.65 Å². The van der Waals surface area contributed by atoms with Crippen LogP contribution in [0, 0.1) is 0 Å². The number of hydrogen-bond acceptors (Lipinski definition) is 5. The lowest BCUT2D eigenvalue weighted by atomic mass is 10.2. The third-order valence-electron chi connectivity index (χ3n) is 3.60. The molecule has 0 saturated carbocycles. The molecule has 0 amide bonds. The van der Waals surface area contributed by atoms with Gasteiger partial charge in [0.1, 0.15) is 11.3 Å². The summed E-state index contributed by atoms with van der Waals surface area (Å²) in [5.74, 6) is 1.62. The first-order valence-electron chi connectivity index (χ1n) is 7.20. The maximum absolute atomic E-state index is 5.24. The maximum atomic E-state index is 5.24. The zero-order valence-electron chi connectivity index (χ0n) is 12.5. The van der Waals surface area contributed by atoms with E-state index in [-0.39, 0.29) is 0 Å². The summed E-state index contributed by atoms with van der Waals surface area (Å²) in [4.78, 5) is 7.86. The molecule has 6 heteroatoms. The molecule has 2 heterocycles. The Hall–Kier alpha value is -2.60. The normalized spacial score (nSPS) is 11.2. The zero-order chi connectivity index (χ0) is 15.6. The lowest BCUT2D eigenvalue weighted by Crippen LogP contribution is -1.92. The number of nitrogens with one attached hydrogen (secondary N) is 1. The molecule has 1 N–H and O–H groups in total. The first-order chi connectivity index (χ1) is 11.3. The summed E-state index contributed by atoms with van der Waals surface area (Å²) in [6.07, 6.45) is 0. The second-order valence-corrected chi connectivity index (χ2v) is 6.04. The molecule has 0 radical (unpaired) electrons. The Kier molecular flexibility index (Phi) is 3.59. The number of methoxy groups -OCH3 is 1. The van der Waals surface area contributed by atoms with Gasteiger partial charge in [-0.1, -0.05) is 42.1 Å². The van der Waals surface area contributed by atoms with Crippen LogP contribution in [0.2, 0.25) is 0 Å². The molecule has 0 aliphatic heterocycles. The van der Waals surface area contributed by atoms with Crippen LogP contribution in [0.15, 0.2) is 53.7 Å². The second kappa shape index (κ2) is 5.89. The van der Waals surface area contributed by atoms with Crippen LogP contribution in [0.1, 0.15) is 5.56 Å². The van der Waals surface area contributed by atoms with Gasteiger partial charge in [0.05, 0.1) is 7.11 Å². The van der Waals surface area contributed by atoms with Crippen molar-refractivity contribution in [2.45, 2.75) is 10.9 Å². The molecule has 0 fully saturated rings. The summed E-state index contributed by atoms with van der Waals surface area (Å²) >= 11 is 1.56. The van der Waals surface area contributed by atoms with Crippen molar-refractivity contribution in [1.82, 2.24) is 20.2 Å². The lowest BCUT2D eigenvalue weighted by Gasteiger charge is -2.03. The molecule has 0 spiro atoms. The van der Waals surface area contributed by atoms with Crippen molar-refractivity contribution in [3.63, 3.8) is 0 Å². The van der Waals surface area contributed by atoms with E-state index in [0.717, 1.165) is 39.1 Å². The Morgan fingerprint density at radius 3 is 2.91 bits per heavy atom. The number of H-pyrrole nitrogens is 1. The number of aromatic nitrogens is 4. The van der Waals surface area contributed by atoms with Crippen LogP contribution in [-0.4, -0.2) is 27.3 Å². The largest absolute Gasteiger partial charge is 0.497 e. The molecule has 2 aromatic heterocycles. The fourth-order valence-corrected chi connectivity index (χ4v) is 3.21. The van der Waals surface area contributed by atoms with Gasteiger partial charge in [-0.2, -0.15) is 0 Å². The van der Waals surface area contributed by atoms with Gasteiger partial charge in [-0.3, -0.25) is 0 Å². The van der Waals surface area contributed by atoms with Gasteiger partial charge in [0.25, 0.3) is 0 Å². The molecule has 0 aliphatic rings. The van der Waals surface area contributed by atoms with Crippen LogP contribution in [0.5, 0.6) is 5.75 Å². The molecule has 4 aromatic rings. The summed E-state index contributed by atoms with van der Waals surface area (Å²) in [5, 5.41) is 10.3. The molecular weight excluding hydrogens is 308 g/mol. The van der Waals surface area contributed by atoms with Gasteiger partial charge >= 0.3 is 0 Å². The van der Waals surface area contributed by atoms with E-state index < -0.39 is 0 Å². The predicted octanol–water partition coefficient (Wildman–Crippen LogP) is 3.81. The van der Waals surface area contributed by atoms with Crippen LogP contribution in [0.3, 0.4) is 0 Å². The summed E-state index contributed by atoms with van der Waals surface area (Å²) in [5.41, 5.74) is 3.77. The Morgan fingerprint density at radius 1 is 1.09 bits per heavy atom. The minimum absolute atomic E-state index is 0.659. The Labute approximate surface area is 137 Å². The smallest absolute Gasteiger partial charge is 0.211 e. The van der Waals surface area contributed by atoms with Crippen LogP contribution in [0.4, 0.5) is 0 Å². The minimum atomic E-state index is 0.659. The van der Waals surface area contributed by atoms with E-state index in [9.17, 15) is 0 Å². The van der Waals surface area contributed by atoms with Crippen LogP contribution in [0.25, 0.3) is 22.1 Å². The number of ether oxygens (including phenoxy) is 1. The first-order valence-corrected chi connectivity index (χ1v) is 8.19. The highest BCUT2D eigenvalue weighted by molar-refractivity contribution is 7.98. The topological polar surface area (TPSA) is 63.7 Å². The van der Waals surface area contributed by atoms with Crippen molar-refractivity contribution in [1.29, 1.82) is 0 Å². The van der Waals surface area contributed by atoms with E-state index in [0.29, 0.717) is 5.16 Å². The van der Waals surface area contributed by atoms with Crippen molar-refractivity contribution in [2.24, 2.45) is 0 Å². The van der Waals surface area contributed by atoms with Crippen LogP contribution < -0.4 is 4.74 Å². The van der Waals surface area contributed by atoms with E-state index in [2.05, 4.69) is 26.2 Å². The Balaban J connectivity index is 1.60. The summed E-state index contributed by atoms with van der Waals surface area (Å²) in [6, 6.07) is 16.0. The van der Waals surface area contributed by atoms with Gasteiger partial charge in [-0.25, -0.2) is 4.98 Å². The Bertz CT molecular complexity index is 983. The van der Waals surface area contributed by atoms with Crippen molar-refractivity contribution < 1.29 is 4.74 Å². The summed E-state index contributed by atoms with van der Waals surface area (Å²) < 4.78 is 5.24. The summed E-state index contributed by atoms with van der Waals surface area (Å²) in [6.45, 7) is 0. The van der Waals surface area contributed by atoms with E-state index >= 15 is 0 Å². The molecule has 0 atom stereocenters. The first kappa shape index (κ1) is 14.0. The number of rotatable bonds is 4. The van der Waals surface area contributed by atoms with Gasteiger partial charge in [-0.05, 0) is 23.8 Å². The molecule has 0 bridgehead atoms. The summed E-state index contributed by atoms with van der Waals surface area (Å²) in [7, 11) is 1.67. The van der Waals surface area contributed by atoms with E-state index in [1.807, 2.05) is 42.5 Å². The number of aromatic amines is 1. The molecule has 0 saturated heterocycles. The minimum Gasteiger partial charge on any atom is -0.497 e. The number of benzene rings is 2. The van der Waals surface area contributed by atoms with Gasteiger partial charge in [0, 0.05) is 16.7 Å². The fraction of sp³-hybridized carbons (Fsp3) is 0.118. The van der Waals surface area contributed by atoms with Crippen molar-refractivity contribution in [3.05, 3.63) is 54.1 Å². The van der Waals surface area contributed by atoms with Gasteiger partial charge < -0.3 is 9.72 Å². The standard InChI is InChI=1S/C17H14N4OS/c1-22-12-6-4-5-11(9-12)10-23-17-19-16-15(20-21-17)13-7-2-3-8-14(13)18-16/h2-9H,10H2,1H3,(H,18,19,21). The molecule has 0 unspecified atom stereocenters. The van der Waals surface area contributed by atoms with Crippen LogP contribution in [-0.2, 0) is 5.75 Å². The van der Waals surface area contributed by atoms with Gasteiger partial charge in [-0.15, -0.1) is 10.2 Å². The average molecular weight is 322 g/mol. The zero-order valence-corrected chi connectivity index (χ0v) is 13.3. The van der Waals surface area contributed by atoms with Crippen molar-refractivity contribution in [2.75, 3.05) is 7.11 Å². The maximum Gasteiger partial charge on any atom is 0.211 e. The third-order valence-corrected chi connectivity index (χ3v) is 4.51. The van der Waals surface area contributed by atoms with E-state index in [4.69, 9.17) is 4.74 Å². The third kappa shape index (κ3) is 2.73. The predicted molar refractivity (Wildman–Crippen MR) is 91.7 cm³/mol. The van der Waals surface area contributed by atoms with E-state index in [1.165, 1.54) is 0 Å². The average Bonchev–Trinajstić information content (AvgIpc) is 2.98. The quantitative estimate of drug-likeness (QED) is 0.579. The van der Waals surface area contributed by atoms with E-state index in [1.54, 1.807) is 18.9 Å². The second-order valence-electron chi connectivity index (χ2n) is 5.10. The molecule has 114 valence electrons. The van der Waals surface area contributed by atoms with Crippen molar-refractivity contribution >= 4 is 33.8 Å². The number of hydrogen-bond donors (Lipinski definition) is 1. The highest BCUT2D eigenvalue weighted by Crippen LogP contribution is 2.25. The SMILES string of the molecule is COc1cccc(CSc2nnc3c(n2)[nH]c2ccccc23)c1. The Morgan fingerprint density at radius 2 is 2.00 bits per heavy atom. The molecule has 23 heavy (non-hydrogen) atoms. The molecule has 4 rings (SSSR count). The lowest BCUT2D eigenvalue weighted by molar-refractivity contribution is 0.414. The number of fused-ring (bicyclic) bond motifs is 3. The molecular formula is C17H14N4OS. The highest BCUT2D eigenvalue weighted by atomic mass is 32.2. The van der Waals surface area contributed by atoms with Crippen LogP contribution >= 0.6 is 11.8 Å². The molecule has 0 aliphatic carbocycles. The molecule has 2 aromatic carbocycles. The number of nitrogens with zero attached hydrogens (tertiary/aromatic N) is 3. The van der Waals surface area contributed by atoms with Gasteiger partial charge in [0.2, 0.25) is 5.16 Å². The van der Waals surface area contributed by atoms with Crippen molar-refractivity contribution in [3.8, 4) is 5.75 Å². The fourth-order valence-electron chi connectivity index (χ4n) is 2.48. The number of thioether (sulfide) groups is 1. The monoisotopic (exact) mass is 322 g/mol. The molecule has 5 nitrogen and oxygen atoms in total.